The van der Waals surface area contributed by atoms with Crippen LogP contribution in [0.4, 0.5) is 13.2 Å². The number of benzene rings is 1. The van der Waals surface area contributed by atoms with Gasteiger partial charge in [0.1, 0.15) is 0 Å². The predicted octanol–water partition coefficient (Wildman–Crippen LogP) is 5.65. The molecule has 0 heterocycles. The fraction of sp³-hybridized carbons (Fsp3) is 0.556. The summed E-state index contributed by atoms with van der Waals surface area (Å²) in [5.41, 5.74) is 2.01. The molecule has 0 nitrogen and oxygen atoms in total. The van der Waals surface area contributed by atoms with E-state index in [1.54, 1.807) is 6.08 Å². The summed E-state index contributed by atoms with van der Waals surface area (Å²) >= 11 is 0. The monoisotopic (exact) mass is 294 g/mol. The fourth-order valence-corrected chi connectivity index (χ4v) is 3.91. The molecular weight excluding hydrogens is 273 g/mol. The van der Waals surface area contributed by atoms with E-state index >= 15 is 0 Å². The largest absolute Gasteiger partial charge is 0.204 e. The molecular formula is C18H21F3. The molecule has 1 aromatic rings. The summed E-state index contributed by atoms with van der Waals surface area (Å²) in [6, 6.07) is 1.15. The average molecular weight is 294 g/mol. The van der Waals surface area contributed by atoms with E-state index in [0.717, 1.165) is 30.4 Å². The number of rotatable bonds is 3. The Morgan fingerprint density at radius 1 is 1.05 bits per heavy atom. The number of hydrogen-bond donors (Lipinski definition) is 0. The summed E-state index contributed by atoms with van der Waals surface area (Å²) < 4.78 is 40.4. The maximum atomic E-state index is 13.8. The first-order valence-corrected chi connectivity index (χ1v) is 7.97. The quantitative estimate of drug-likeness (QED) is 0.632. The molecule has 3 heteroatoms. The normalized spacial score (nSPS) is 24.9. The van der Waals surface area contributed by atoms with Gasteiger partial charge >= 0.3 is 0 Å². The second-order valence-corrected chi connectivity index (χ2v) is 6.46. The van der Waals surface area contributed by atoms with E-state index in [1.165, 1.54) is 25.7 Å². The van der Waals surface area contributed by atoms with Crippen molar-refractivity contribution >= 4 is 6.08 Å². The Morgan fingerprint density at radius 3 is 2.43 bits per heavy atom. The number of fused-ring (bicyclic) bond motifs is 1. The van der Waals surface area contributed by atoms with Gasteiger partial charge < -0.3 is 0 Å². The first-order valence-electron chi connectivity index (χ1n) is 7.97. The van der Waals surface area contributed by atoms with Crippen LogP contribution in [0.15, 0.2) is 11.6 Å². The van der Waals surface area contributed by atoms with Crippen molar-refractivity contribution in [2.75, 3.05) is 0 Å². The molecule has 3 rings (SSSR count). The van der Waals surface area contributed by atoms with Gasteiger partial charge in [0.25, 0.3) is 0 Å². The standard InChI is InChI=1S/C18H21F3/c1-2-3-11-4-6-12(7-5-11)13-8-14-10-16(19)18(21)17(20)15(14)9-13/h9-12H,2-8H2,1H3. The smallest absolute Gasteiger partial charge is 0.195 e. The second-order valence-electron chi connectivity index (χ2n) is 6.46. The number of allylic oxidation sites excluding steroid dienone is 1. The number of hydrogen-bond acceptors (Lipinski definition) is 0. The van der Waals surface area contributed by atoms with Gasteiger partial charge in [0, 0.05) is 5.56 Å². The molecule has 21 heavy (non-hydrogen) atoms. The maximum absolute atomic E-state index is 13.8. The fourth-order valence-electron chi connectivity index (χ4n) is 3.91. The van der Waals surface area contributed by atoms with Crippen molar-refractivity contribution in [1.82, 2.24) is 0 Å². The summed E-state index contributed by atoms with van der Waals surface area (Å²) in [7, 11) is 0. The van der Waals surface area contributed by atoms with Crippen molar-refractivity contribution < 1.29 is 13.2 Å². The van der Waals surface area contributed by atoms with Crippen molar-refractivity contribution in [2.24, 2.45) is 11.8 Å². The molecule has 0 saturated heterocycles. The zero-order valence-electron chi connectivity index (χ0n) is 12.4. The van der Waals surface area contributed by atoms with Crippen LogP contribution in [-0.2, 0) is 6.42 Å². The van der Waals surface area contributed by atoms with Crippen molar-refractivity contribution in [3.05, 3.63) is 40.2 Å². The Hall–Kier alpha value is -1.25. The topological polar surface area (TPSA) is 0 Å². The SMILES string of the molecule is CCCC1CCC(C2=Cc3c(cc(F)c(F)c3F)C2)CC1. The lowest BCUT2D eigenvalue weighted by atomic mass is 9.76. The van der Waals surface area contributed by atoms with Gasteiger partial charge in [-0.25, -0.2) is 13.2 Å². The van der Waals surface area contributed by atoms with Crippen molar-refractivity contribution in [1.29, 1.82) is 0 Å². The van der Waals surface area contributed by atoms with Crippen LogP contribution in [0.3, 0.4) is 0 Å². The van der Waals surface area contributed by atoms with Crippen LogP contribution in [-0.4, -0.2) is 0 Å². The molecule has 0 bridgehead atoms. The molecule has 1 aromatic carbocycles. The van der Waals surface area contributed by atoms with Crippen LogP contribution in [0.25, 0.3) is 6.08 Å². The van der Waals surface area contributed by atoms with Gasteiger partial charge in [-0.3, -0.25) is 0 Å². The van der Waals surface area contributed by atoms with E-state index in [1.807, 2.05) is 0 Å². The predicted molar refractivity (Wildman–Crippen MR) is 78.4 cm³/mol. The molecule has 0 unspecified atom stereocenters. The lowest BCUT2D eigenvalue weighted by Gasteiger charge is -2.29. The lowest BCUT2D eigenvalue weighted by Crippen LogP contribution is -2.16. The van der Waals surface area contributed by atoms with Crippen LogP contribution in [0.1, 0.15) is 56.6 Å². The minimum atomic E-state index is -1.35. The van der Waals surface area contributed by atoms with Crippen molar-refractivity contribution in [2.45, 2.75) is 51.9 Å². The maximum Gasteiger partial charge on any atom is 0.195 e. The molecule has 114 valence electrons. The number of halogens is 3. The first kappa shape index (κ1) is 14.7. The highest BCUT2D eigenvalue weighted by atomic mass is 19.2. The van der Waals surface area contributed by atoms with Crippen molar-refractivity contribution in [3.63, 3.8) is 0 Å². The molecule has 1 fully saturated rings. The summed E-state index contributed by atoms with van der Waals surface area (Å²) in [5.74, 6) is -2.18. The van der Waals surface area contributed by atoms with E-state index in [2.05, 4.69) is 6.92 Å². The summed E-state index contributed by atoms with van der Waals surface area (Å²) in [5, 5.41) is 0. The highest BCUT2D eigenvalue weighted by Gasteiger charge is 2.28. The molecule has 0 spiro atoms. The van der Waals surface area contributed by atoms with Crippen LogP contribution < -0.4 is 0 Å². The highest BCUT2D eigenvalue weighted by Crippen LogP contribution is 2.41. The van der Waals surface area contributed by atoms with Gasteiger partial charge in [-0.15, -0.1) is 0 Å². The molecule has 0 N–H and O–H groups in total. The van der Waals surface area contributed by atoms with Crippen LogP contribution in [0.5, 0.6) is 0 Å². The van der Waals surface area contributed by atoms with E-state index in [9.17, 15) is 13.2 Å². The van der Waals surface area contributed by atoms with Crippen molar-refractivity contribution in [3.8, 4) is 0 Å². The molecule has 0 aliphatic heterocycles. The van der Waals surface area contributed by atoms with Gasteiger partial charge in [-0.1, -0.05) is 31.4 Å². The average Bonchev–Trinajstić information content (AvgIpc) is 2.90. The van der Waals surface area contributed by atoms with Gasteiger partial charge in [-0.2, -0.15) is 0 Å². The second kappa shape index (κ2) is 5.86. The third kappa shape index (κ3) is 2.75. The Bertz CT molecular complexity index is 566. The zero-order valence-corrected chi connectivity index (χ0v) is 12.4. The van der Waals surface area contributed by atoms with Gasteiger partial charge in [0.2, 0.25) is 0 Å². The Balaban J connectivity index is 1.74. The molecule has 2 aliphatic carbocycles. The molecule has 0 atom stereocenters. The van der Waals surface area contributed by atoms with Crippen LogP contribution >= 0.6 is 0 Å². The Morgan fingerprint density at radius 2 is 1.76 bits per heavy atom. The third-order valence-corrected chi connectivity index (χ3v) is 5.08. The van der Waals surface area contributed by atoms with E-state index in [-0.39, 0.29) is 5.56 Å². The molecule has 0 amide bonds. The van der Waals surface area contributed by atoms with Gasteiger partial charge in [0.15, 0.2) is 17.5 Å². The summed E-state index contributed by atoms with van der Waals surface area (Å²) in [4.78, 5) is 0. The lowest BCUT2D eigenvalue weighted by molar-refractivity contribution is 0.285. The van der Waals surface area contributed by atoms with Gasteiger partial charge in [0.05, 0.1) is 0 Å². The highest BCUT2D eigenvalue weighted by molar-refractivity contribution is 5.65. The van der Waals surface area contributed by atoms with E-state index in [4.69, 9.17) is 0 Å². The molecule has 2 aliphatic rings. The molecule has 1 saturated carbocycles. The first-order chi connectivity index (χ1) is 10.1. The van der Waals surface area contributed by atoms with Gasteiger partial charge in [-0.05, 0) is 55.6 Å². The summed E-state index contributed by atoms with van der Waals surface area (Å²) in [6.45, 7) is 2.22. The summed E-state index contributed by atoms with van der Waals surface area (Å²) in [6.07, 6.45) is 9.54. The molecule has 0 radical (unpaired) electrons. The Kier molecular flexibility index (Phi) is 4.10. The zero-order chi connectivity index (χ0) is 15.0. The van der Waals surface area contributed by atoms with Crippen LogP contribution in [0, 0.1) is 29.3 Å². The van der Waals surface area contributed by atoms with Crippen LogP contribution in [0.2, 0.25) is 0 Å². The third-order valence-electron chi connectivity index (χ3n) is 5.08. The van der Waals surface area contributed by atoms with E-state index < -0.39 is 17.5 Å². The Labute approximate surface area is 124 Å². The minimum absolute atomic E-state index is 0.264. The van der Waals surface area contributed by atoms with E-state index in [0.29, 0.717) is 17.9 Å². The minimum Gasteiger partial charge on any atom is -0.204 e. The molecule has 0 aromatic heterocycles.